The fourth-order valence-corrected chi connectivity index (χ4v) is 7.88. The largest absolute Gasteiger partial charge is 0.483 e. The third-order valence-electron chi connectivity index (χ3n) is 9.73. The van der Waals surface area contributed by atoms with Gasteiger partial charge in [0, 0.05) is 53.5 Å². The van der Waals surface area contributed by atoms with Gasteiger partial charge in [0.2, 0.25) is 0 Å². The van der Waals surface area contributed by atoms with E-state index in [9.17, 15) is 14.4 Å². The van der Waals surface area contributed by atoms with Crippen LogP contribution in [0.2, 0.25) is 0 Å². The second kappa shape index (κ2) is 12.6. The number of hydrogen-bond acceptors (Lipinski definition) is 5. The summed E-state index contributed by atoms with van der Waals surface area (Å²) in [5, 5.41) is 2.94. The molecule has 1 N–H and O–H groups in total. The molecule has 0 atom stereocenters. The average molecular weight is 696 g/mol. The van der Waals surface area contributed by atoms with Gasteiger partial charge in [0.25, 0.3) is 5.91 Å². The highest BCUT2D eigenvalue weighted by Crippen LogP contribution is 2.55. The van der Waals surface area contributed by atoms with Crippen molar-refractivity contribution in [2.24, 2.45) is 10.8 Å². The van der Waals surface area contributed by atoms with Crippen molar-refractivity contribution in [1.29, 1.82) is 0 Å². The van der Waals surface area contributed by atoms with Gasteiger partial charge >= 0.3 is 0 Å². The van der Waals surface area contributed by atoms with Gasteiger partial charge in [-0.15, -0.1) is 0 Å². The number of anilines is 1. The molecule has 3 aromatic rings. The number of benzene rings is 3. The molecule has 0 bridgehead atoms. The Kier molecular flexibility index (Phi) is 8.81. The first-order valence-corrected chi connectivity index (χ1v) is 17.1. The van der Waals surface area contributed by atoms with Crippen LogP contribution in [0.3, 0.4) is 0 Å². The van der Waals surface area contributed by atoms with Crippen molar-refractivity contribution in [3.8, 4) is 5.75 Å². The van der Waals surface area contributed by atoms with Gasteiger partial charge in [-0.1, -0.05) is 76.2 Å². The van der Waals surface area contributed by atoms with Gasteiger partial charge in [-0.05, 0) is 93.9 Å². The monoisotopic (exact) mass is 694 g/mol. The van der Waals surface area contributed by atoms with E-state index in [0.29, 0.717) is 29.6 Å². The molecule has 6 rings (SSSR count). The predicted molar refractivity (Wildman–Crippen MR) is 189 cm³/mol. The number of halogens is 1. The highest BCUT2D eigenvalue weighted by atomic mass is 79.9. The van der Waals surface area contributed by atoms with Crippen LogP contribution in [-0.4, -0.2) is 29.0 Å². The Morgan fingerprint density at radius 2 is 1.47 bits per heavy atom. The summed E-state index contributed by atoms with van der Waals surface area (Å²) in [4.78, 5) is 43.4. The summed E-state index contributed by atoms with van der Waals surface area (Å²) in [7, 11) is 0. The van der Waals surface area contributed by atoms with Crippen molar-refractivity contribution in [1.82, 2.24) is 4.90 Å². The lowest BCUT2D eigenvalue weighted by Crippen LogP contribution is -2.44. The van der Waals surface area contributed by atoms with E-state index >= 15 is 0 Å². The minimum atomic E-state index is -0.461. The number of Topliss-reactive ketones (excluding diaryl/α,β-unsaturated/α-hetero) is 2. The summed E-state index contributed by atoms with van der Waals surface area (Å²) >= 11 is 3.68. The van der Waals surface area contributed by atoms with Gasteiger partial charge in [-0.2, -0.15) is 0 Å². The molecule has 7 heteroatoms. The highest BCUT2D eigenvalue weighted by molar-refractivity contribution is 9.10. The summed E-state index contributed by atoms with van der Waals surface area (Å²) < 4.78 is 6.62. The summed E-state index contributed by atoms with van der Waals surface area (Å²) in [5.41, 5.74) is 8.03. The van der Waals surface area contributed by atoms with E-state index in [1.165, 1.54) is 0 Å². The number of hydrogen-bond donors (Lipinski definition) is 1. The Balaban J connectivity index is 1.37. The summed E-state index contributed by atoms with van der Waals surface area (Å²) in [5.74, 6) is 0.00108. The Morgan fingerprint density at radius 1 is 0.851 bits per heavy atom. The van der Waals surface area contributed by atoms with E-state index in [4.69, 9.17) is 4.74 Å². The van der Waals surface area contributed by atoms with Crippen LogP contribution in [0, 0.1) is 24.7 Å². The summed E-state index contributed by atoms with van der Waals surface area (Å²) in [6.07, 6.45) is 2.37. The zero-order valence-corrected chi connectivity index (χ0v) is 29.7. The molecule has 6 nitrogen and oxygen atoms in total. The lowest BCUT2D eigenvalue weighted by atomic mass is 9.63. The maximum absolute atomic E-state index is 14.2. The van der Waals surface area contributed by atoms with Crippen LogP contribution in [0.4, 0.5) is 5.69 Å². The van der Waals surface area contributed by atoms with Crippen molar-refractivity contribution in [2.75, 3.05) is 11.9 Å². The molecule has 3 aromatic carbocycles. The second-order valence-corrected chi connectivity index (χ2v) is 15.7. The first kappa shape index (κ1) is 33.0. The fourth-order valence-electron chi connectivity index (χ4n) is 7.37. The van der Waals surface area contributed by atoms with Crippen LogP contribution in [0.5, 0.6) is 5.75 Å². The molecular weight excluding hydrogens is 652 g/mol. The first-order chi connectivity index (χ1) is 22.2. The quantitative estimate of drug-likeness (QED) is 0.267. The van der Waals surface area contributed by atoms with Crippen LogP contribution in [-0.2, 0) is 20.9 Å². The molecule has 0 spiro atoms. The van der Waals surface area contributed by atoms with Crippen LogP contribution in [0.25, 0.3) is 0 Å². The van der Waals surface area contributed by atoms with Gasteiger partial charge in [0.15, 0.2) is 18.2 Å². The van der Waals surface area contributed by atoms with Crippen molar-refractivity contribution in [2.45, 2.75) is 79.7 Å². The molecule has 0 saturated carbocycles. The lowest BCUT2D eigenvalue weighted by Gasteiger charge is -2.49. The number of ketones is 2. The predicted octanol–water partition coefficient (Wildman–Crippen LogP) is 8.97. The molecule has 0 aromatic heterocycles. The number of amides is 1. The lowest BCUT2D eigenvalue weighted by molar-refractivity contribution is -0.120. The normalized spacial score (nSPS) is 19.0. The third kappa shape index (κ3) is 6.73. The second-order valence-electron chi connectivity index (χ2n) is 14.9. The number of allylic oxidation sites excluding steroid dienone is 4. The van der Waals surface area contributed by atoms with Gasteiger partial charge in [0.1, 0.15) is 5.75 Å². The van der Waals surface area contributed by atoms with Gasteiger partial charge in [-0.3, -0.25) is 14.4 Å². The number of ether oxygens (including phenoxy) is 1. The highest BCUT2D eigenvalue weighted by Gasteiger charge is 2.49. The van der Waals surface area contributed by atoms with E-state index in [1.54, 1.807) is 0 Å². The Hall–Kier alpha value is -3.97. The van der Waals surface area contributed by atoms with E-state index in [0.717, 1.165) is 63.3 Å². The number of nitrogens with one attached hydrogen (secondary N) is 1. The number of carbonyl (C=O) groups excluding carboxylic acids is 3. The van der Waals surface area contributed by atoms with Crippen LogP contribution in [0.1, 0.15) is 81.5 Å². The topological polar surface area (TPSA) is 75.7 Å². The fraction of sp³-hybridized carbons (Fsp3) is 0.375. The Morgan fingerprint density at radius 3 is 2.06 bits per heavy atom. The smallest absolute Gasteiger partial charge is 0.262 e. The number of rotatable bonds is 7. The third-order valence-corrected chi connectivity index (χ3v) is 10.4. The Bertz CT molecular complexity index is 1780. The first-order valence-electron chi connectivity index (χ1n) is 16.4. The minimum absolute atomic E-state index is 0.100. The molecule has 0 saturated heterocycles. The van der Waals surface area contributed by atoms with Crippen molar-refractivity contribution >= 4 is 39.1 Å². The summed E-state index contributed by atoms with van der Waals surface area (Å²) in [6, 6.07) is 21.8. The van der Waals surface area contributed by atoms with Crippen LogP contribution < -0.4 is 10.1 Å². The van der Waals surface area contributed by atoms with Crippen LogP contribution >= 0.6 is 15.9 Å². The van der Waals surface area contributed by atoms with Crippen LogP contribution in [0.15, 0.2) is 93.7 Å². The molecule has 1 aliphatic heterocycles. The molecule has 0 radical (unpaired) electrons. The van der Waals surface area contributed by atoms with Crippen molar-refractivity contribution in [3.05, 3.63) is 116 Å². The molecule has 244 valence electrons. The molecule has 1 amide bonds. The van der Waals surface area contributed by atoms with Gasteiger partial charge < -0.3 is 15.0 Å². The Labute approximate surface area is 286 Å². The zero-order chi connectivity index (χ0) is 33.7. The molecule has 0 fully saturated rings. The number of nitrogens with zero attached hydrogens (tertiary/aromatic N) is 1. The molecule has 47 heavy (non-hydrogen) atoms. The molecule has 3 aliphatic rings. The van der Waals surface area contributed by atoms with Crippen molar-refractivity contribution in [3.63, 3.8) is 0 Å². The van der Waals surface area contributed by atoms with Gasteiger partial charge in [0.05, 0.1) is 4.47 Å². The molecule has 0 unspecified atom stereocenters. The summed E-state index contributed by atoms with van der Waals surface area (Å²) in [6.45, 7) is 13.1. The van der Waals surface area contributed by atoms with E-state index in [1.807, 2.05) is 68.4 Å². The van der Waals surface area contributed by atoms with E-state index < -0.39 is 5.92 Å². The number of carbonyl (C=O) groups is 3. The molecule has 1 heterocycles. The average Bonchev–Trinajstić information content (AvgIpc) is 2.99. The molecular formula is C40H43BrN2O4. The van der Waals surface area contributed by atoms with E-state index in [-0.39, 0.29) is 34.9 Å². The maximum atomic E-state index is 14.2. The standard InChI is InChI=1S/C40H43BrN2O4/c1-24-11-10-14-29(25(24)2)42-35(46)23-47-34-16-15-27(17-28(34)41)36-37-30(18-39(3,4)20-32(37)44)43(22-26-12-8-7-9-13-26)31-19-40(5,6)21-33(45)38(31)36/h7-17,36H,18-23H2,1-6H3,(H,42,46). The minimum Gasteiger partial charge on any atom is -0.483 e. The zero-order valence-electron chi connectivity index (χ0n) is 28.1. The number of aryl methyl sites for hydroxylation is 1. The van der Waals surface area contributed by atoms with E-state index in [2.05, 4.69) is 66.0 Å². The maximum Gasteiger partial charge on any atom is 0.262 e. The van der Waals surface area contributed by atoms with Crippen molar-refractivity contribution < 1.29 is 19.1 Å². The molecule has 2 aliphatic carbocycles. The SMILES string of the molecule is Cc1cccc(NC(=O)COc2ccc(C3C4=C(CC(C)(C)CC4=O)N(Cc4ccccc4)C4=C3C(=O)CC(C)(C)C4)cc2Br)c1C. The van der Waals surface area contributed by atoms with Gasteiger partial charge in [-0.25, -0.2) is 0 Å².